The van der Waals surface area contributed by atoms with E-state index in [-0.39, 0.29) is 22.7 Å². The Bertz CT molecular complexity index is 717. The normalized spacial score (nSPS) is 10.6. The Kier molecular flexibility index (Phi) is 4.95. The number of nitro groups is 1. The smallest absolute Gasteiger partial charge is 0.274 e. The van der Waals surface area contributed by atoms with Gasteiger partial charge in [0, 0.05) is 16.1 Å². The molecule has 0 aromatic heterocycles. The first-order chi connectivity index (χ1) is 10.5. The number of benzene rings is 2. The highest BCUT2D eigenvalue weighted by Crippen LogP contribution is 2.33. The van der Waals surface area contributed by atoms with E-state index in [0.717, 1.165) is 16.2 Å². The molecule has 0 aliphatic carbocycles. The number of aromatic hydroxyl groups is 1. The molecule has 7 nitrogen and oxygen atoms in total. The number of hydrazone groups is 1. The zero-order chi connectivity index (χ0) is 16.1. The van der Waals surface area contributed by atoms with E-state index in [1.54, 1.807) is 12.1 Å². The highest BCUT2D eigenvalue weighted by molar-refractivity contribution is 9.10. The molecule has 2 aromatic carbocycles. The Morgan fingerprint density at radius 1 is 1.36 bits per heavy atom. The van der Waals surface area contributed by atoms with Gasteiger partial charge >= 0.3 is 0 Å². The molecule has 114 valence electrons. The lowest BCUT2D eigenvalue weighted by Crippen LogP contribution is -1.96. The van der Waals surface area contributed by atoms with Gasteiger partial charge in [-0.05, 0) is 24.3 Å². The second-order valence-electron chi connectivity index (χ2n) is 4.22. The number of methoxy groups -OCH3 is 1. The van der Waals surface area contributed by atoms with Crippen molar-refractivity contribution in [1.29, 1.82) is 0 Å². The van der Waals surface area contributed by atoms with Gasteiger partial charge in [-0.25, -0.2) is 0 Å². The van der Waals surface area contributed by atoms with E-state index in [2.05, 4.69) is 26.5 Å². The van der Waals surface area contributed by atoms with E-state index < -0.39 is 4.92 Å². The molecule has 0 spiro atoms. The highest BCUT2D eigenvalue weighted by atomic mass is 79.9. The number of hydrogen-bond acceptors (Lipinski definition) is 6. The quantitative estimate of drug-likeness (QED) is 0.480. The van der Waals surface area contributed by atoms with E-state index in [0.29, 0.717) is 0 Å². The maximum atomic E-state index is 10.9. The molecule has 22 heavy (non-hydrogen) atoms. The van der Waals surface area contributed by atoms with Crippen molar-refractivity contribution in [2.45, 2.75) is 0 Å². The summed E-state index contributed by atoms with van der Waals surface area (Å²) in [6.45, 7) is 0. The summed E-state index contributed by atoms with van der Waals surface area (Å²) in [7, 11) is 1.32. The van der Waals surface area contributed by atoms with Crippen LogP contribution in [0.2, 0.25) is 0 Å². The van der Waals surface area contributed by atoms with Crippen molar-refractivity contribution in [2.24, 2.45) is 5.10 Å². The van der Waals surface area contributed by atoms with Gasteiger partial charge in [0.15, 0.2) is 11.5 Å². The molecule has 2 aromatic rings. The number of ether oxygens (including phenoxy) is 1. The minimum Gasteiger partial charge on any atom is -0.504 e. The third-order valence-electron chi connectivity index (χ3n) is 2.76. The van der Waals surface area contributed by atoms with Crippen molar-refractivity contribution < 1.29 is 14.8 Å². The second-order valence-corrected chi connectivity index (χ2v) is 5.14. The van der Waals surface area contributed by atoms with Gasteiger partial charge in [0.25, 0.3) is 5.69 Å². The molecular weight excluding hydrogens is 354 g/mol. The molecule has 0 bridgehead atoms. The molecule has 0 heterocycles. The second kappa shape index (κ2) is 6.90. The number of nitrogens with one attached hydrogen (secondary N) is 1. The molecule has 0 unspecified atom stereocenters. The van der Waals surface area contributed by atoms with Crippen molar-refractivity contribution in [1.82, 2.24) is 0 Å². The Hall–Kier alpha value is -2.61. The third-order valence-corrected chi connectivity index (χ3v) is 3.29. The first-order valence-electron chi connectivity index (χ1n) is 6.11. The van der Waals surface area contributed by atoms with Crippen LogP contribution in [0.25, 0.3) is 0 Å². The van der Waals surface area contributed by atoms with Crippen LogP contribution in [0.15, 0.2) is 46.0 Å². The number of phenols is 1. The zero-order valence-electron chi connectivity index (χ0n) is 11.5. The van der Waals surface area contributed by atoms with E-state index in [1.165, 1.54) is 19.4 Å². The van der Waals surface area contributed by atoms with Gasteiger partial charge in [0.05, 0.1) is 30.0 Å². The molecule has 0 amide bonds. The van der Waals surface area contributed by atoms with Crippen LogP contribution in [0.4, 0.5) is 11.4 Å². The maximum Gasteiger partial charge on any atom is 0.274 e. The van der Waals surface area contributed by atoms with Gasteiger partial charge < -0.3 is 9.84 Å². The third kappa shape index (κ3) is 3.73. The zero-order valence-corrected chi connectivity index (χ0v) is 13.1. The summed E-state index contributed by atoms with van der Waals surface area (Å²) < 4.78 is 5.85. The average Bonchev–Trinajstić information content (AvgIpc) is 2.50. The van der Waals surface area contributed by atoms with Gasteiger partial charge in [-0.3, -0.25) is 15.5 Å². The van der Waals surface area contributed by atoms with Gasteiger partial charge in [-0.1, -0.05) is 15.9 Å². The van der Waals surface area contributed by atoms with Gasteiger partial charge in [-0.2, -0.15) is 5.10 Å². The lowest BCUT2D eigenvalue weighted by molar-refractivity contribution is -0.385. The Balaban J connectivity index is 2.24. The lowest BCUT2D eigenvalue weighted by atomic mass is 10.2. The molecule has 0 saturated carbocycles. The summed E-state index contributed by atoms with van der Waals surface area (Å²) in [4.78, 5) is 10.3. The van der Waals surface area contributed by atoms with Crippen molar-refractivity contribution in [3.63, 3.8) is 0 Å². The molecule has 0 radical (unpaired) electrons. The fourth-order valence-electron chi connectivity index (χ4n) is 1.67. The van der Waals surface area contributed by atoms with E-state index in [9.17, 15) is 15.2 Å². The molecule has 0 fully saturated rings. The number of nitro benzene ring substituents is 1. The predicted molar refractivity (Wildman–Crippen MR) is 86.7 cm³/mol. The average molecular weight is 366 g/mol. The molecule has 0 aliphatic heterocycles. The number of nitrogens with zero attached hydrogens (tertiary/aromatic N) is 2. The summed E-state index contributed by atoms with van der Waals surface area (Å²) in [6.07, 6.45) is 1.28. The van der Waals surface area contributed by atoms with Crippen LogP contribution >= 0.6 is 15.9 Å². The summed E-state index contributed by atoms with van der Waals surface area (Å²) in [5, 5.41) is 24.8. The van der Waals surface area contributed by atoms with Crippen LogP contribution in [0, 0.1) is 10.1 Å². The fourth-order valence-corrected chi connectivity index (χ4v) is 1.94. The number of hydrogen-bond donors (Lipinski definition) is 2. The Morgan fingerprint density at radius 3 is 2.64 bits per heavy atom. The van der Waals surface area contributed by atoms with Gasteiger partial charge in [-0.15, -0.1) is 0 Å². The predicted octanol–water partition coefficient (Wildman–Crippen LogP) is 3.52. The summed E-state index contributed by atoms with van der Waals surface area (Å²) in [5.74, 6) is -0.200. The van der Waals surface area contributed by atoms with Crippen LogP contribution in [-0.4, -0.2) is 23.4 Å². The maximum absolute atomic E-state index is 10.9. The van der Waals surface area contributed by atoms with E-state index in [4.69, 9.17) is 4.74 Å². The topological polar surface area (TPSA) is 97.0 Å². The summed E-state index contributed by atoms with van der Waals surface area (Å²) in [6, 6.07) is 9.64. The molecule has 0 aliphatic rings. The van der Waals surface area contributed by atoms with Crippen LogP contribution in [0.5, 0.6) is 11.5 Å². The number of phenolic OH excluding ortho intramolecular Hbond substituents is 1. The first kappa shape index (κ1) is 15.8. The number of rotatable bonds is 5. The highest BCUT2D eigenvalue weighted by Gasteiger charge is 2.15. The number of non-ortho nitro benzene ring substituents is 1. The number of halogens is 1. The van der Waals surface area contributed by atoms with Crippen LogP contribution in [0.3, 0.4) is 0 Å². The molecule has 2 rings (SSSR count). The van der Waals surface area contributed by atoms with Crippen LogP contribution < -0.4 is 10.2 Å². The first-order valence-corrected chi connectivity index (χ1v) is 6.90. The van der Waals surface area contributed by atoms with Crippen molar-refractivity contribution in [3.05, 3.63) is 56.5 Å². The van der Waals surface area contributed by atoms with Gasteiger partial charge in [0.1, 0.15) is 0 Å². The van der Waals surface area contributed by atoms with Crippen molar-refractivity contribution >= 4 is 33.5 Å². The largest absolute Gasteiger partial charge is 0.504 e. The Labute approximate surface area is 134 Å². The van der Waals surface area contributed by atoms with Crippen molar-refractivity contribution in [3.8, 4) is 11.5 Å². The summed E-state index contributed by atoms with van der Waals surface area (Å²) >= 11 is 3.32. The fraction of sp³-hybridized carbons (Fsp3) is 0.0714. The lowest BCUT2D eigenvalue weighted by Gasteiger charge is -2.06. The number of anilines is 1. The molecule has 0 saturated heterocycles. The SMILES string of the molecule is COc1cc([N+](=O)[O-])cc(/C=N/Nc2ccc(Br)cc2)c1O. The van der Waals surface area contributed by atoms with E-state index >= 15 is 0 Å². The Morgan fingerprint density at radius 2 is 2.05 bits per heavy atom. The monoisotopic (exact) mass is 365 g/mol. The van der Waals surface area contributed by atoms with Crippen molar-refractivity contribution in [2.75, 3.05) is 12.5 Å². The van der Waals surface area contributed by atoms with E-state index in [1.807, 2.05) is 12.1 Å². The molecule has 2 N–H and O–H groups in total. The molecule has 8 heteroatoms. The van der Waals surface area contributed by atoms with Crippen LogP contribution in [0.1, 0.15) is 5.56 Å². The minimum atomic E-state index is -0.568. The van der Waals surface area contributed by atoms with Crippen LogP contribution in [-0.2, 0) is 0 Å². The molecular formula is C14H12BrN3O4. The molecule has 0 atom stereocenters. The standard InChI is InChI=1S/C14H12BrN3O4/c1-22-13-7-12(18(20)21)6-9(14(13)19)8-16-17-11-4-2-10(15)3-5-11/h2-8,17,19H,1H3/b16-8+. The minimum absolute atomic E-state index is 0.0132. The summed E-state index contributed by atoms with van der Waals surface area (Å²) in [5.41, 5.74) is 3.48. The van der Waals surface area contributed by atoms with Gasteiger partial charge in [0.2, 0.25) is 0 Å².